The normalized spacial score (nSPS) is 10.8. The first-order valence-corrected chi connectivity index (χ1v) is 7.70. The average molecular weight is 354 g/mol. The van der Waals surface area contributed by atoms with Crippen LogP contribution in [-0.2, 0) is 16.2 Å². The van der Waals surface area contributed by atoms with E-state index in [1.807, 2.05) is 0 Å². The fourth-order valence-corrected chi connectivity index (χ4v) is 2.12. The van der Waals surface area contributed by atoms with Gasteiger partial charge in [-0.25, -0.2) is 14.2 Å². The van der Waals surface area contributed by atoms with Crippen LogP contribution in [0.4, 0.5) is 4.39 Å². The van der Waals surface area contributed by atoms with Crippen molar-refractivity contribution < 1.29 is 23.2 Å². The summed E-state index contributed by atoms with van der Waals surface area (Å²) in [5.41, 5.74) is 2.46. The Bertz CT molecular complexity index is 902. The van der Waals surface area contributed by atoms with Crippen molar-refractivity contribution in [1.82, 2.24) is 4.98 Å². The number of rotatable bonds is 6. The lowest BCUT2D eigenvalue weighted by Gasteiger charge is -1.99. The van der Waals surface area contributed by atoms with Gasteiger partial charge in [-0.05, 0) is 42.0 Å². The fourth-order valence-electron chi connectivity index (χ4n) is 2.12. The van der Waals surface area contributed by atoms with Crippen LogP contribution < -0.4 is 0 Å². The Morgan fingerprint density at radius 2 is 1.92 bits per heavy atom. The molecule has 0 aliphatic heterocycles. The van der Waals surface area contributed by atoms with Gasteiger partial charge >= 0.3 is 5.97 Å². The highest BCUT2D eigenvalue weighted by Gasteiger charge is 2.07. The summed E-state index contributed by atoms with van der Waals surface area (Å²) in [6.07, 6.45) is 2.97. The van der Waals surface area contributed by atoms with E-state index in [-0.39, 0.29) is 12.4 Å². The number of ether oxygens (including phenoxy) is 1. The van der Waals surface area contributed by atoms with Crippen LogP contribution in [0.2, 0.25) is 0 Å². The predicted octanol–water partition coefficient (Wildman–Crippen LogP) is 3.82. The number of carbonyl (C=O) groups is 1. The number of hydrogen-bond acceptors (Lipinski definition) is 6. The average Bonchev–Trinajstić information content (AvgIpc) is 3.14. The Morgan fingerprint density at radius 3 is 2.62 bits per heavy atom. The SMILES string of the molecule is COC(=O)c1ccc(/C=N/OCc2coc(-c3ccc(F)cc3)n2)cc1. The molecule has 0 N–H and O–H groups in total. The van der Waals surface area contributed by atoms with Crippen molar-refractivity contribution in [1.29, 1.82) is 0 Å². The summed E-state index contributed by atoms with van der Waals surface area (Å²) in [5.74, 6) is -0.337. The van der Waals surface area contributed by atoms with E-state index in [0.717, 1.165) is 5.56 Å². The highest BCUT2D eigenvalue weighted by Crippen LogP contribution is 2.19. The Labute approximate surface area is 148 Å². The molecular formula is C19H15FN2O4. The van der Waals surface area contributed by atoms with Gasteiger partial charge in [0.05, 0.1) is 18.9 Å². The van der Waals surface area contributed by atoms with Gasteiger partial charge in [0.15, 0.2) is 6.61 Å². The van der Waals surface area contributed by atoms with Crippen LogP contribution in [0.25, 0.3) is 11.5 Å². The predicted molar refractivity (Wildman–Crippen MR) is 92.1 cm³/mol. The third-order valence-corrected chi connectivity index (χ3v) is 3.46. The summed E-state index contributed by atoms with van der Waals surface area (Å²) in [6, 6.07) is 12.6. The van der Waals surface area contributed by atoms with E-state index in [2.05, 4.69) is 14.9 Å². The maximum atomic E-state index is 12.9. The van der Waals surface area contributed by atoms with E-state index in [9.17, 15) is 9.18 Å². The fraction of sp³-hybridized carbons (Fsp3) is 0.105. The number of methoxy groups -OCH3 is 1. The Balaban J connectivity index is 1.54. The topological polar surface area (TPSA) is 73.9 Å². The molecule has 7 heteroatoms. The van der Waals surface area contributed by atoms with Crippen molar-refractivity contribution in [2.24, 2.45) is 5.16 Å². The molecule has 0 saturated heterocycles. The molecule has 0 aliphatic carbocycles. The molecule has 0 fully saturated rings. The van der Waals surface area contributed by atoms with E-state index in [0.29, 0.717) is 22.7 Å². The molecule has 3 rings (SSSR count). The van der Waals surface area contributed by atoms with Crippen molar-refractivity contribution in [2.75, 3.05) is 7.11 Å². The van der Waals surface area contributed by atoms with Crippen LogP contribution >= 0.6 is 0 Å². The van der Waals surface area contributed by atoms with Crippen LogP contribution in [0.5, 0.6) is 0 Å². The van der Waals surface area contributed by atoms with E-state index >= 15 is 0 Å². The molecule has 0 atom stereocenters. The third kappa shape index (κ3) is 4.32. The first-order chi connectivity index (χ1) is 12.7. The summed E-state index contributed by atoms with van der Waals surface area (Å²) < 4.78 is 22.9. The van der Waals surface area contributed by atoms with Crippen LogP contribution in [0.3, 0.4) is 0 Å². The zero-order valence-corrected chi connectivity index (χ0v) is 13.9. The number of benzene rings is 2. The molecule has 0 radical (unpaired) electrons. The number of esters is 1. The number of carbonyl (C=O) groups excluding carboxylic acids is 1. The van der Waals surface area contributed by atoms with E-state index in [1.165, 1.54) is 31.7 Å². The molecule has 6 nitrogen and oxygen atoms in total. The summed E-state index contributed by atoms with van der Waals surface area (Å²) >= 11 is 0. The second kappa shape index (κ2) is 8.06. The quantitative estimate of drug-likeness (QED) is 0.382. The third-order valence-electron chi connectivity index (χ3n) is 3.46. The van der Waals surface area contributed by atoms with Crippen molar-refractivity contribution in [2.45, 2.75) is 6.61 Å². The molecule has 0 aliphatic rings. The van der Waals surface area contributed by atoms with Crippen LogP contribution in [-0.4, -0.2) is 24.3 Å². The maximum absolute atomic E-state index is 12.9. The molecule has 0 saturated carbocycles. The Morgan fingerprint density at radius 1 is 1.19 bits per heavy atom. The largest absolute Gasteiger partial charge is 0.465 e. The van der Waals surface area contributed by atoms with Gasteiger partial charge in [-0.15, -0.1) is 0 Å². The van der Waals surface area contributed by atoms with Gasteiger partial charge in [0, 0.05) is 5.56 Å². The minimum absolute atomic E-state index is 0.126. The highest BCUT2D eigenvalue weighted by molar-refractivity contribution is 5.90. The number of oxime groups is 1. The van der Waals surface area contributed by atoms with Gasteiger partial charge in [0.2, 0.25) is 5.89 Å². The number of oxazole rings is 1. The van der Waals surface area contributed by atoms with Crippen LogP contribution in [0.1, 0.15) is 21.6 Å². The number of aromatic nitrogens is 1. The molecule has 132 valence electrons. The van der Waals surface area contributed by atoms with Gasteiger partial charge in [-0.2, -0.15) is 0 Å². The standard InChI is InChI=1S/C19H15FN2O4/c1-24-19(23)15-4-2-13(3-5-15)10-21-26-12-17-11-25-18(22-17)14-6-8-16(20)9-7-14/h2-11H,12H2,1H3/b21-10+. The Kier molecular flexibility index (Phi) is 5.38. The summed E-state index contributed by atoms with van der Waals surface area (Å²) in [5, 5.41) is 3.85. The Hall–Kier alpha value is -3.48. The van der Waals surface area contributed by atoms with Gasteiger partial charge in [0.25, 0.3) is 0 Å². The van der Waals surface area contributed by atoms with Crippen molar-refractivity contribution >= 4 is 12.2 Å². The van der Waals surface area contributed by atoms with Gasteiger partial charge < -0.3 is 14.0 Å². The molecule has 0 unspecified atom stereocenters. The van der Waals surface area contributed by atoms with E-state index in [4.69, 9.17) is 9.25 Å². The molecule has 0 amide bonds. The summed E-state index contributed by atoms with van der Waals surface area (Å²) in [4.78, 5) is 20.8. The highest BCUT2D eigenvalue weighted by atomic mass is 19.1. The van der Waals surface area contributed by atoms with Crippen molar-refractivity contribution in [3.05, 3.63) is 77.4 Å². The molecule has 0 spiro atoms. The van der Waals surface area contributed by atoms with Gasteiger partial charge in [-0.1, -0.05) is 17.3 Å². The van der Waals surface area contributed by atoms with E-state index in [1.54, 1.807) is 36.4 Å². The second-order valence-electron chi connectivity index (χ2n) is 5.27. The smallest absolute Gasteiger partial charge is 0.337 e. The lowest BCUT2D eigenvalue weighted by atomic mass is 10.1. The molecule has 2 aromatic carbocycles. The molecule has 0 bridgehead atoms. The second-order valence-corrected chi connectivity index (χ2v) is 5.27. The van der Waals surface area contributed by atoms with Crippen LogP contribution in [0.15, 0.2) is 64.4 Å². The molecular weight excluding hydrogens is 339 g/mol. The van der Waals surface area contributed by atoms with Gasteiger partial charge in [-0.3, -0.25) is 0 Å². The molecule has 1 aromatic heterocycles. The molecule has 26 heavy (non-hydrogen) atoms. The lowest BCUT2D eigenvalue weighted by Crippen LogP contribution is -2.00. The van der Waals surface area contributed by atoms with Gasteiger partial charge in [0.1, 0.15) is 17.8 Å². The number of halogens is 1. The van der Waals surface area contributed by atoms with Crippen LogP contribution in [0, 0.1) is 5.82 Å². The number of nitrogens with zero attached hydrogens (tertiary/aromatic N) is 2. The minimum atomic E-state index is -0.396. The van der Waals surface area contributed by atoms with Crippen molar-refractivity contribution in [3.63, 3.8) is 0 Å². The lowest BCUT2D eigenvalue weighted by molar-refractivity contribution is 0.0600. The summed E-state index contributed by atoms with van der Waals surface area (Å²) in [7, 11) is 1.33. The zero-order chi connectivity index (χ0) is 18.4. The first kappa shape index (κ1) is 17.3. The molecule has 3 aromatic rings. The monoisotopic (exact) mass is 354 g/mol. The zero-order valence-electron chi connectivity index (χ0n) is 13.9. The number of hydrogen-bond donors (Lipinski definition) is 0. The minimum Gasteiger partial charge on any atom is -0.465 e. The first-order valence-electron chi connectivity index (χ1n) is 7.70. The maximum Gasteiger partial charge on any atom is 0.337 e. The van der Waals surface area contributed by atoms with E-state index < -0.39 is 5.97 Å². The van der Waals surface area contributed by atoms with Crippen molar-refractivity contribution in [3.8, 4) is 11.5 Å². The summed E-state index contributed by atoms with van der Waals surface area (Å²) in [6.45, 7) is 0.126. The molecule has 1 heterocycles.